The van der Waals surface area contributed by atoms with Crippen LogP contribution in [0, 0.1) is 6.57 Å². The molecule has 30 heavy (non-hydrogen) atoms. The predicted octanol–water partition coefficient (Wildman–Crippen LogP) is 3.87. The van der Waals surface area contributed by atoms with Crippen molar-refractivity contribution >= 4 is 29.6 Å². The molecule has 0 atom stereocenters. The van der Waals surface area contributed by atoms with Crippen molar-refractivity contribution in [2.75, 3.05) is 0 Å². The molecule has 0 spiro atoms. The van der Waals surface area contributed by atoms with Crippen LogP contribution in [0.2, 0.25) is 0 Å². The zero-order chi connectivity index (χ0) is 21.5. The fraction of sp³-hybridized carbons (Fsp3) is 0.318. The van der Waals surface area contributed by atoms with Crippen molar-refractivity contribution < 1.29 is 9.31 Å². The Morgan fingerprint density at radius 1 is 1.13 bits per heavy atom. The van der Waals surface area contributed by atoms with Gasteiger partial charge in [0.25, 0.3) is 5.56 Å². The normalized spacial score (nSPS) is 17.1. The highest BCUT2D eigenvalue weighted by Crippen LogP contribution is 2.36. The van der Waals surface area contributed by atoms with Crippen LogP contribution < -0.4 is 11.0 Å². The SMILES string of the molecule is [C-]#[N+]c1cccc(-c2ccc(=O)n(Cc3cc(B4OC(C)(C)C(C)(C)O4)cs3)n2)c1. The molecule has 0 unspecified atom stereocenters. The van der Waals surface area contributed by atoms with E-state index in [1.807, 2.05) is 51.3 Å². The van der Waals surface area contributed by atoms with Gasteiger partial charge in [-0.25, -0.2) is 9.53 Å². The summed E-state index contributed by atoms with van der Waals surface area (Å²) in [6.45, 7) is 15.6. The molecular weight excluding hydrogens is 397 g/mol. The van der Waals surface area contributed by atoms with Crippen LogP contribution >= 0.6 is 11.3 Å². The third-order valence-corrected chi connectivity index (χ3v) is 6.58. The molecule has 1 aromatic carbocycles. The molecule has 1 aliphatic heterocycles. The van der Waals surface area contributed by atoms with E-state index in [0.29, 0.717) is 17.9 Å². The first-order valence-corrected chi connectivity index (χ1v) is 10.6. The van der Waals surface area contributed by atoms with Crippen molar-refractivity contribution in [1.82, 2.24) is 9.78 Å². The topological polar surface area (TPSA) is 57.7 Å². The van der Waals surface area contributed by atoms with Crippen molar-refractivity contribution in [3.05, 3.63) is 74.5 Å². The van der Waals surface area contributed by atoms with Crippen LogP contribution in [0.1, 0.15) is 32.6 Å². The number of hydrogen-bond acceptors (Lipinski definition) is 5. The summed E-state index contributed by atoms with van der Waals surface area (Å²) < 4.78 is 13.7. The lowest BCUT2D eigenvalue weighted by atomic mass is 9.81. The van der Waals surface area contributed by atoms with Crippen LogP contribution in [-0.2, 0) is 15.9 Å². The molecule has 0 bridgehead atoms. The molecule has 1 aliphatic rings. The molecule has 1 saturated heterocycles. The van der Waals surface area contributed by atoms with Crippen LogP contribution in [0.3, 0.4) is 0 Å². The first kappa shape index (κ1) is 20.5. The number of nitrogens with zero attached hydrogens (tertiary/aromatic N) is 3. The van der Waals surface area contributed by atoms with Gasteiger partial charge in [-0.05, 0) is 62.3 Å². The fourth-order valence-electron chi connectivity index (χ4n) is 3.18. The average Bonchev–Trinajstić information content (AvgIpc) is 3.25. The summed E-state index contributed by atoms with van der Waals surface area (Å²) in [6.07, 6.45) is 0. The van der Waals surface area contributed by atoms with Gasteiger partial charge in [-0.3, -0.25) is 4.79 Å². The summed E-state index contributed by atoms with van der Waals surface area (Å²) in [5, 5.41) is 6.52. The van der Waals surface area contributed by atoms with Crippen molar-refractivity contribution in [3.63, 3.8) is 0 Å². The zero-order valence-electron chi connectivity index (χ0n) is 17.4. The molecular formula is C22H22BN3O3S. The maximum Gasteiger partial charge on any atom is 0.495 e. The van der Waals surface area contributed by atoms with Crippen molar-refractivity contribution in [2.45, 2.75) is 45.4 Å². The van der Waals surface area contributed by atoms with Crippen LogP contribution in [0.15, 0.2) is 52.6 Å². The van der Waals surface area contributed by atoms with E-state index in [0.717, 1.165) is 15.9 Å². The first-order chi connectivity index (χ1) is 14.2. The van der Waals surface area contributed by atoms with Gasteiger partial charge in [-0.1, -0.05) is 18.2 Å². The van der Waals surface area contributed by atoms with Gasteiger partial charge in [-0.15, -0.1) is 11.3 Å². The zero-order valence-corrected chi connectivity index (χ0v) is 18.2. The fourth-order valence-corrected chi connectivity index (χ4v) is 4.05. The lowest BCUT2D eigenvalue weighted by Gasteiger charge is -2.32. The Morgan fingerprint density at radius 2 is 1.87 bits per heavy atom. The second kappa shape index (κ2) is 7.51. The summed E-state index contributed by atoms with van der Waals surface area (Å²) in [5.41, 5.74) is 1.98. The van der Waals surface area contributed by atoms with Gasteiger partial charge in [0.15, 0.2) is 5.69 Å². The van der Waals surface area contributed by atoms with Crippen LogP contribution in [0.25, 0.3) is 16.1 Å². The van der Waals surface area contributed by atoms with Crippen LogP contribution in [0.5, 0.6) is 0 Å². The Kier molecular flexibility index (Phi) is 5.14. The minimum atomic E-state index is -0.424. The van der Waals surface area contributed by atoms with E-state index in [9.17, 15) is 4.79 Å². The van der Waals surface area contributed by atoms with Gasteiger partial charge in [0.1, 0.15) is 0 Å². The molecule has 4 rings (SSSR count). The number of thiophene rings is 1. The van der Waals surface area contributed by atoms with Gasteiger partial charge in [-0.2, -0.15) is 5.10 Å². The smallest absolute Gasteiger partial charge is 0.399 e. The second-order valence-electron chi connectivity index (χ2n) is 8.31. The van der Waals surface area contributed by atoms with Gasteiger partial charge in [0.2, 0.25) is 0 Å². The minimum absolute atomic E-state index is 0.175. The lowest BCUT2D eigenvalue weighted by molar-refractivity contribution is 0.00578. The Hall–Kier alpha value is -2.73. The Bertz CT molecular complexity index is 1180. The third kappa shape index (κ3) is 3.84. The van der Waals surface area contributed by atoms with E-state index >= 15 is 0 Å². The maximum atomic E-state index is 12.4. The van der Waals surface area contributed by atoms with Crippen LogP contribution in [-0.4, -0.2) is 28.1 Å². The number of aromatic nitrogens is 2. The largest absolute Gasteiger partial charge is 0.495 e. The molecule has 3 heterocycles. The molecule has 3 aromatic rings. The summed E-state index contributed by atoms with van der Waals surface area (Å²) in [7, 11) is -0.424. The molecule has 0 N–H and O–H groups in total. The monoisotopic (exact) mass is 419 g/mol. The molecule has 1 fully saturated rings. The first-order valence-electron chi connectivity index (χ1n) is 9.67. The summed E-state index contributed by atoms with van der Waals surface area (Å²) >= 11 is 1.55. The second-order valence-corrected chi connectivity index (χ2v) is 9.31. The molecule has 2 aromatic heterocycles. The van der Waals surface area contributed by atoms with Crippen molar-refractivity contribution in [2.24, 2.45) is 0 Å². The van der Waals surface area contributed by atoms with E-state index < -0.39 is 18.3 Å². The highest BCUT2D eigenvalue weighted by atomic mass is 32.1. The average molecular weight is 419 g/mol. The van der Waals surface area contributed by atoms with Gasteiger partial charge in [0, 0.05) is 10.9 Å². The lowest BCUT2D eigenvalue weighted by Crippen LogP contribution is -2.41. The minimum Gasteiger partial charge on any atom is -0.399 e. The molecule has 6 nitrogen and oxygen atoms in total. The van der Waals surface area contributed by atoms with E-state index in [1.54, 1.807) is 29.5 Å². The summed E-state index contributed by atoms with van der Waals surface area (Å²) in [4.78, 5) is 16.8. The maximum absolute atomic E-state index is 12.4. The molecule has 0 aliphatic carbocycles. The van der Waals surface area contributed by atoms with Crippen molar-refractivity contribution in [1.29, 1.82) is 0 Å². The van der Waals surface area contributed by atoms with Gasteiger partial charge >= 0.3 is 7.12 Å². The molecule has 8 heteroatoms. The highest BCUT2D eigenvalue weighted by Gasteiger charge is 2.51. The Labute approximate surface area is 180 Å². The van der Waals surface area contributed by atoms with Gasteiger partial charge in [0.05, 0.1) is 30.0 Å². The van der Waals surface area contributed by atoms with E-state index in [1.165, 1.54) is 10.7 Å². The van der Waals surface area contributed by atoms with Crippen molar-refractivity contribution in [3.8, 4) is 11.3 Å². The van der Waals surface area contributed by atoms with E-state index in [4.69, 9.17) is 15.9 Å². The quantitative estimate of drug-likeness (QED) is 0.476. The van der Waals surface area contributed by atoms with E-state index in [-0.39, 0.29) is 5.56 Å². The molecule has 0 saturated carbocycles. The number of hydrogen-bond donors (Lipinski definition) is 0. The standard InChI is InChI=1S/C22H22BN3O3S/c1-21(2)22(3,4)29-23(28-21)16-12-18(30-14-16)13-26-20(27)10-9-19(25-26)15-7-6-8-17(11-15)24-5/h6-12,14H,13H2,1-4H3. The molecule has 152 valence electrons. The van der Waals surface area contributed by atoms with Gasteiger partial charge < -0.3 is 9.31 Å². The Morgan fingerprint density at radius 3 is 2.57 bits per heavy atom. The van der Waals surface area contributed by atoms with E-state index in [2.05, 4.69) is 9.94 Å². The van der Waals surface area contributed by atoms with Crippen LogP contribution in [0.4, 0.5) is 5.69 Å². The molecule has 0 radical (unpaired) electrons. The highest BCUT2D eigenvalue weighted by molar-refractivity contribution is 7.11. The summed E-state index contributed by atoms with van der Waals surface area (Å²) in [5.74, 6) is 0. The number of benzene rings is 1. The molecule has 0 amide bonds. The predicted molar refractivity (Wildman–Crippen MR) is 119 cm³/mol. The summed E-state index contributed by atoms with van der Waals surface area (Å²) in [6, 6.07) is 12.4. The number of rotatable bonds is 4. The Balaban J connectivity index is 1.57. The third-order valence-electron chi connectivity index (χ3n) is 5.64.